The van der Waals surface area contributed by atoms with Crippen LogP contribution >= 0.6 is 11.3 Å². The van der Waals surface area contributed by atoms with E-state index in [-0.39, 0.29) is 5.91 Å². The third-order valence-corrected chi connectivity index (χ3v) is 5.22. The number of carbonyl (C=O) groups excluding carboxylic acids is 1. The molecule has 3 rings (SSSR count). The highest BCUT2D eigenvalue weighted by atomic mass is 32.1. The minimum atomic E-state index is -0.199. The molecule has 2 aromatic carbocycles. The summed E-state index contributed by atoms with van der Waals surface area (Å²) in [4.78, 5) is 16.7. The SMILES string of the molecule is CCCCOc1ccc(C=CC(=O)Nc2nc(-c3ccc(CC)cc3)cs2)cc1. The lowest BCUT2D eigenvalue weighted by molar-refractivity contribution is -0.111. The number of ether oxygens (including phenoxy) is 1. The number of anilines is 1. The van der Waals surface area contributed by atoms with Gasteiger partial charge in [-0.05, 0) is 42.2 Å². The van der Waals surface area contributed by atoms with Crippen LogP contribution in [-0.4, -0.2) is 17.5 Å². The molecule has 0 saturated carbocycles. The molecule has 0 unspecified atom stereocenters. The molecule has 0 bridgehead atoms. The zero-order chi connectivity index (χ0) is 20.5. The van der Waals surface area contributed by atoms with E-state index in [4.69, 9.17) is 4.74 Å². The maximum absolute atomic E-state index is 12.2. The number of aromatic nitrogens is 1. The first-order valence-electron chi connectivity index (χ1n) is 9.94. The summed E-state index contributed by atoms with van der Waals surface area (Å²) in [6.07, 6.45) is 6.47. The van der Waals surface area contributed by atoms with E-state index >= 15 is 0 Å². The highest BCUT2D eigenvalue weighted by Crippen LogP contribution is 2.25. The second-order valence-electron chi connectivity index (χ2n) is 6.68. The number of benzene rings is 2. The van der Waals surface area contributed by atoms with E-state index in [1.165, 1.54) is 23.0 Å². The smallest absolute Gasteiger partial charge is 0.250 e. The standard InChI is InChI=1S/C24H26N2O2S/c1-3-5-16-28-21-13-8-19(9-14-21)10-15-23(27)26-24-25-22(17-29-24)20-11-6-18(4-2)7-12-20/h6-15,17H,3-5,16H2,1-2H3,(H,25,26,27). The van der Waals surface area contributed by atoms with E-state index in [1.807, 2.05) is 29.6 Å². The van der Waals surface area contributed by atoms with E-state index in [0.29, 0.717) is 5.13 Å². The number of aryl methyl sites for hydroxylation is 1. The van der Waals surface area contributed by atoms with Gasteiger partial charge in [0.15, 0.2) is 5.13 Å². The van der Waals surface area contributed by atoms with E-state index in [2.05, 4.69) is 48.4 Å². The van der Waals surface area contributed by atoms with Crippen LogP contribution < -0.4 is 10.1 Å². The maximum Gasteiger partial charge on any atom is 0.250 e. The molecule has 0 saturated heterocycles. The molecule has 0 aliphatic heterocycles. The average molecular weight is 407 g/mol. The average Bonchev–Trinajstić information content (AvgIpc) is 3.22. The number of hydrogen-bond donors (Lipinski definition) is 1. The molecule has 1 amide bonds. The number of nitrogens with one attached hydrogen (secondary N) is 1. The number of nitrogens with zero attached hydrogens (tertiary/aromatic N) is 1. The van der Waals surface area contributed by atoms with Crippen LogP contribution in [0.25, 0.3) is 17.3 Å². The van der Waals surface area contributed by atoms with E-state index in [0.717, 1.165) is 48.4 Å². The highest BCUT2D eigenvalue weighted by Gasteiger charge is 2.06. The van der Waals surface area contributed by atoms with Crippen molar-refractivity contribution in [1.29, 1.82) is 0 Å². The summed E-state index contributed by atoms with van der Waals surface area (Å²) in [5.74, 6) is 0.651. The van der Waals surface area contributed by atoms with E-state index < -0.39 is 0 Å². The number of amides is 1. The Morgan fingerprint density at radius 1 is 1.10 bits per heavy atom. The fourth-order valence-corrected chi connectivity index (χ4v) is 3.43. The fourth-order valence-electron chi connectivity index (χ4n) is 2.70. The largest absolute Gasteiger partial charge is 0.494 e. The Bertz CT molecular complexity index is 944. The molecule has 150 valence electrons. The van der Waals surface area contributed by atoms with Gasteiger partial charge in [-0.3, -0.25) is 10.1 Å². The Morgan fingerprint density at radius 3 is 2.55 bits per heavy atom. The zero-order valence-electron chi connectivity index (χ0n) is 16.9. The van der Waals surface area contributed by atoms with Gasteiger partial charge in [0.25, 0.3) is 0 Å². The number of unbranched alkanes of at least 4 members (excludes halogenated alkanes) is 1. The van der Waals surface area contributed by atoms with E-state index in [1.54, 1.807) is 6.08 Å². The van der Waals surface area contributed by atoms with E-state index in [9.17, 15) is 4.79 Å². The number of rotatable bonds is 9. The summed E-state index contributed by atoms with van der Waals surface area (Å²) in [6, 6.07) is 16.1. The molecule has 0 spiro atoms. The molecule has 1 N–H and O–H groups in total. The van der Waals surface area contributed by atoms with Crippen LogP contribution in [0.3, 0.4) is 0 Å². The molecule has 0 aliphatic carbocycles. The van der Waals surface area contributed by atoms with Crippen molar-refractivity contribution < 1.29 is 9.53 Å². The summed E-state index contributed by atoms with van der Waals surface area (Å²) in [5, 5.41) is 5.38. The van der Waals surface area contributed by atoms with Gasteiger partial charge < -0.3 is 4.74 Å². The van der Waals surface area contributed by atoms with Gasteiger partial charge in [0.1, 0.15) is 5.75 Å². The Hall–Kier alpha value is -2.92. The predicted octanol–water partition coefficient (Wildman–Crippen LogP) is 6.20. The Morgan fingerprint density at radius 2 is 1.86 bits per heavy atom. The van der Waals surface area contributed by atoms with Crippen molar-refractivity contribution in [2.24, 2.45) is 0 Å². The highest BCUT2D eigenvalue weighted by molar-refractivity contribution is 7.14. The third kappa shape index (κ3) is 6.29. The first-order chi connectivity index (χ1) is 14.2. The van der Waals surface area contributed by atoms with Gasteiger partial charge in [0, 0.05) is 17.0 Å². The van der Waals surface area contributed by atoms with Gasteiger partial charge in [-0.15, -0.1) is 11.3 Å². The van der Waals surface area contributed by atoms with Gasteiger partial charge in [-0.2, -0.15) is 0 Å². The number of hydrogen-bond acceptors (Lipinski definition) is 4. The second-order valence-corrected chi connectivity index (χ2v) is 7.54. The van der Waals surface area contributed by atoms with Crippen molar-refractivity contribution >= 4 is 28.5 Å². The number of carbonyl (C=O) groups is 1. The molecule has 29 heavy (non-hydrogen) atoms. The lowest BCUT2D eigenvalue weighted by Crippen LogP contribution is -2.07. The minimum Gasteiger partial charge on any atom is -0.494 e. The quantitative estimate of drug-likeness (QED) is 0.340. The molecular weight excluding hydrogens is 380 g/mol. The minimum absolute atomic E-state index is 0.199. The Labute approximate surface area is 176 Å². The maximum atomic E-state index is 12.2. The molecule has 0 aliphatic rings. The Kier molecular flexibility index (Phi) is 7.59. The molecular formula is C24H26N2O2S. The second kappa shape index (κ2) is 10.6. The first kappa shape index (κ1) is 20.8. The van der Waals surface area contributed by atoms with Crippen molar-refractivity contribution in [3.05, 3.63) is 71.1 Å². The van der Waals surface area contributed by atoms with Gasteiger partial charge in [-0.25, -0.2) is 4.98 Å². The van der Waals surface area contributed by atoms with Crippen LogP contribution in [0.5, 0.6) is 5.75 Å². The molecule has 0 radical (unpaired) electrons. The summed E-state index contributed by atoms with van der Waals surface area (Å²) in [6.45, 7) is 5.00. The zero-order valence-corrected chi connectivity index (χ0v) is 17.7. The summed E-state index contributed by atoms with van der Waals surface area (Å²) >= 11 is 1.42. The summed E-state index contributed by atoms with van der Waals surface area (Å²) < 4.78 is 5.65. The van der Waals surface area contributed by atoms with Gasteiger partial charge in [-0.1, -0.05) is 56.7 Å². The first-order valence-corrected chi connectivity index (χ1v) is 10.8. The molecule has 4 nitrogen and oxygen atoms in total. The molecule has 1 aromatic heterocycles. The van der Waals surface area contributed by atoms with Crippen molar-refractivity contribution in [1.82, 2.24) is 4.98 Å². The van der Waals surface area contributed by atoms with Crippen molar-refractivity contribution in [3.63, 3.8) is 0 Å². The third-order valence-electron chi connectivity index (χ3n) is 4.47. The van der Waals surface area contributed by atoms with Crippen LogP contribution in [-0.2, 0) is 11.2 Å². The topological polar surface area (TPSA) is 51.2 Å². The van der Waals surface area contributed by atoms with Crippen molar-refractivity contribution in [3.8, 4) is 17.0 Å². The van der Waals surface area contributed by atoms with Crippen LogP contribution in [0.15, 0.2) is 60.0 Å². The van der Waals surface area contributed by atoms with Crippen LogP contribution in [0, 0.1) is 0 Å². The Balaban J connectivity index is 1.54. The molecule has 0 fully saturated rings. The van der Waals surface area contributed by atoms with Crippen molar-refractivity contribution in [2.45, 2.75) is 33.1 Å². The van der Waals surface area contributed by atoms with Crippen molar-refractivity contribution in [2.75, 3.05) is 11.9 Å². The van der Waals surface area contributed by atoms with Crippen LogP contribution in [0.1, 0.15) is 37.8 Å². The monoisotopic (exact) mass is 406 g/mol. The molecule has 5 heteroatoms. The summed E-state index contributed by atoms with van der Waals surface area (Å²) in [7, 11) is 0. The molecule has 3 aromatic rings. The van der Waals surface area contributed by atoms with Crippen LogP contribution in [0.2, 0.25) is 0 Å². The van der Waals surface area contributed by atoms with Crippen LogP contribution in [0.4, 0.5) is 5.13 Å². The summed E-state index contributed by atoms with van der Waals surface area (Å²) in [5.41, 5.74) is 4.16. The lowest BCUT2D eigenvalue weighted by Gasteiger charge is -2.05. The molecule has 1 heterocycles. The molecule has 0 atom stereocenters. The predicted molar refractivity (Wildman–Crippen MR) is 121 cm³/mol. The van der Waals surface area contributed by atoms with Gasteiger partial charge >= 0.3 is 0 Å². The van der Waals surface area contributed by atoms with Gasteiger partial charge in [0.05, 0.1) is 12.3 Å². The fraction of sp³-hybridized carbons (Fsp3) is 0.250. The van der Waals surface area contributed by atoms with Gasteiger partial charge in [0.2, 0.25) is 5.91 Å². The normalized spacial score (nSPS) is 11.0. The lowest BCUT2D eigenvalue weighted by atomic mass is 10.1. The number of thiazole rings is 1.